The van der Waals surface area contributed by atoms with E-state index in [-0.39, 0.29) is 0 Å². The summed E-state index contributed by atoms with van der Waals surface area (Å²) >= 11 is 3.38. The highest BCUT2D eigenvalue weighted by atomic mass is 79.9. The summed E-state index contributed by atoms with van der Waals surface area (Å²) in [5.74, 6) is 4.15. The molecular weight excluding hydrogens is 292 g/mol. The Morgan fingerprint density at radius 3 is 2.35 bits per heavy atom. The summed E-state index contributed by atoms with van der Waals surface area (Å²) in [6.07, 6.45) is 1.02. The lowest BCUT2D eigenvalue weighted by molar-refractivity contribution is 0.319. The summed E-state index contributed by atoms with van der Waals surface area (Å²) in [6.45, 7) is 7.50. The first-order chi connectivity index (χ1) is 8.01. The van der Waals surface area contributed by atoms with Crippen LogP contribution in [0.2, 0.25) is 19.6 Å². The van der Waals surface area contributed by atoms with Gasteiger partial charge >= 0.3 is 0 Å². The fourth-order valence-electron chi connectivity index (χ4n) is 1.14. The number of halogens is 1. The van der Waals surface area contributed by atoms with Gasteiger partial charge in [-0.3, -0.25) is 0 Å². The molecule has 0 saturated carbocycles. The van der Waals surface area contributed by atoms with Crippen molar-refractivity contribution < 1.29 is 4.74 Å². The van der Waals surface area contributed by atoms with Crippen LogP contribution in [0.15, 0.2) is 24.3 Å². The predicted octanol–water partition coefficient (Wildman–Crippen LogP) is 4.08. The van der Waals surface area contributed by atoms with Crippen LogP contribution in [-0.4, -0.2) is 20.0 Å². The monoisotopic (exact) mass is 310 g/mol. The Kier molecular flexibility index (Phi) is 5.80. The van der Waals surface area contributed by atoms with Crippen LogP contribution in [0.5, 0.6) is 5.75 Å². The van der Waals surface area contributed by atoms with Crippen molar-refractivity contribution in [3.05, 3.63) is 29.8 Å². The van der Waals surface area contributed by atoms with Gasteiger partial charge in [-0.05, 0) is 30.7 Å². The predicted molar refractivity (Wildman–Crippen MR) is 80.6 cm³/mol. The number of ether oxygens (including phenoxy) is 1. The third-order valence-electron chi connectivity index (χ3n) is 1.98. The lowest BCUT2D eigenvalue weighted by Crippen LogP contribution is -2.16. The number of alkyl halides is 1. The maximum atomic E-state index is 5.58. The van der Waals surface area contributed by atoms with Crippen molar-refractivity contribution in [2.75, 3.05) is 11.9 Å². The maximum absolute atomic E-state index is 5.58. The van der Waals surface area contributed by atoms with Crippen molar-refractivity contribution in [3.63, 3.8) is 0 Å². The molecule has 1 rings (SSSR count). The normalized spacial score (nSPS) is 10.6. The molecule has 0 aliphatic carbocycles. The van der Waals surface area contributed by atoms with Crippen LogP contribution in [0.25, 0.3) is 0 Å². The third-order valence-corrected chi connectivity index (χ3v) is 3.42. The van der Waals surface area contributed by atoms with Crippen LogP contribution in [0.3, 0.4) is 0 Å². The van der Waals surface area contributed by atoms with Gasteiger partial charge in [-0.25, -0.2) is 0 Å². The van der Waals surface area contributed by atoms with E-state index in [1.165, 1.54) is 0 Å². The molecule has 0 aliphatic heterocycles. The minimum Gasteiger partial charge on any atom is -0.494 e. The van der Waals surface area contributed by atoms with E-state index >= 15 is 0 Å². The van der Waals surface area contributed by atoms with Gasteiger partial charge in [0.15, 0.2) is 0 Å². The second-order valence-electron chi connectivity index (χ2n) is 4.92. The SMILES string of the molecule is C[Si](C)(C)C#Cc1ccc(OCCCBr)cc1. The molecule has 0 bridgehead atoms. The number of hydrogen-bond donors (Lipinski definition) is 0. The molecule has 1 aromatic rings. The highest BCUT2D eigenvalue weighted by molar-refractivity contribution is 9.09. The fraction of sp³-hybridized carbons (Fsp3) is 0.429. The molecule has 0 radical (unpaired) electrons. The van der Waals surface area contributed by atoms with Gasteiger partial charge in [-0.1, -0.05) is 41.5 Å². The first-order valence-electron chi connectivity index (χ1n) is 5.83. The second kappa shape index (κ2) is 6.88. The molecule has 17 heavy (non-hydrogen) atoms. The van der Waals surface area contributed by atoms with E-state index in [2.05, 4.69) is 47.0 Å². The lowest BCUT2D eigenvalue weighted by Gasteiger charge is -2.05. The molecule has 0 aromatic heterocycles. The standard InChI is InChI=1S/C14H19BrOSi/c1-17(2,3)12-9-13-5-7-14(8-6-13)16-11-4-10-15/h5-8H,4,10-11H2,1-3H3. The minimum absolute atomic E-state index is 0.755. The van der Waals surface area contributed by atoms with Crippen molar-refractivity contribution in [2.45, 2.75) is 26.1 Å². The number of rotatable bonds is 4. The topological polar surface area (TPSA) is 9.23 Å². The van der Waals surface area contributed by atoms with Crippen molar-refractivity contribution in [2.24, 2.45) is 0 Å². The van der Waals surface area contributed by atoms with E-state index in [0.717, 1.165) is 29.7 Å². The molecule has 0 aliphatic rings. The summed E-state index contributed by atoms with van der Waals surface area (Å²) in [6, 6.07) is 8.03. The first-order valence-corrected chi connectivity index (χ1v) is 10.5. The number of hydrogen-bond acceptors (Lipinski definition) is 1. The third kappa shape index (κ3) is 6.55. The van der Waals surface area contributed by atoms with Gasteiger partial charge in [0.2, 0.25) is 0 Å². The average molecular weight is 311 g/mol. The Bertz CT molecular complexity index is 395. The molecule has 0 saturated heterocycles. The zero-order valence-corrected chi connectivity index (χ0v) is 13.3. The molecule has 0 unspecified atom stereocenters. The van der Waals surface area contributed by atoms with Gasteiger partial charge < -0.3 is 4.74 Å². The van der Waals surface area contributed by atoms with Crippen LogP contribution in [0, 0.1) is 11.5 Å². The second-order valence-corrected chi connectivity index (χ2v) is 10.5. The summed E-state index contributed by atoms with van der Waals surface area (Å²) in [5.41, 5.74) is 4.42. The largest absolute Gasteiger partial charge is 0.494 e. The van der Waals surface area contributed by atoms with E-state index in [0.29, 0.717) is 0 Å². The molecule has 0 atom stereocenters. The summed E-state index contributed by atoms with van der Waals surface area (Å²) < 4.78 is 5.58. The van der Waals surface area contributed by atoms with Gasteiger partial charge in [0.1, 0.15) is 13.8 Å². The van der Waals surface area contributed by atoms with Gasteiger partial charge in [0.25, 0.3) is 0 Å². The first kappa shape index (κ1) is 14.3. The molecule has 0 fully saturated rings. The molecule has 0 N–H and O–H groups in total. The molecule has 3 heteroatoms. The Morgan fingerprint density at radius 1 is 1.18 bits per heavy atom. The summed E-state index contributed by atoms with van der Waals surface area (Å²) in [4.78, 5) is 0. The maximum Gasteiger partial charge on any atom is 0.129 e. The van der Waals surface area contributed by atoms with Crippen molar-refractivity contribution >= 4 is 24.0 Å². The Labute approximate surface area is 114 Å². The van der Waals surface area contributed by atoms with Gasteiger partial charge in [-0.15, -0.1) is 5.54 Å². The Morgan fingerprint density at radius 2 is 1.82 bits per heavy atom. The number of benzene rings is 1. The Balaban J connectivity index is 2.58. The highest BCUT2D eigenvalue weighted by Crippen LogP contribution is 2.12. The van der Waals surface area contributed by atoms with Crippen LogP contribution in [-0.2, 0) is 0 Å². The molecule has 92 valence electrons. The van der Waals surface area contributed by atoms with Crippen molar-refractivity contribution in [1.29, 1.82) is 0 Å². The minimum atomic E-state index is -1.28. The van der Waals surface area contributed by atoms with E-state index in [4.69, 9.17) is 4.74 Å². The van der Waals surface area contributed by atoms with E-state index in [1.807, 2.05) is 24.3 Å². The van der Waals surface area contributed by atoms with Crippen LogP contribution >= 0.6 is 15.9 Å². The summed E-state index contributed by atoms with van der Waals surface area (Å²) in [7, 11) is -1.28. The van der Waals surface area contributed by atoms with Crippen molar-refractivity contribution in [1.82, 2.24) is 0 Å². The van der Waals surface area contributed by atoms with Gasteiger partial charge in [0.05, 0.1) is 6.61 Å². The molecule has 1 aromatic carbocycles. The lowest BCUT2D eigenvalue weighted by atomic mass is 10.2. The molecule has 0 heterocycles. The van der Waals surface area contributed by atoms with Crippen LogP contribution < -0.4 is 4.74 Å². The zero-order valence-electron chi connectivity index (χ0n) is 10.7. The van der Waals surface area contributed by atoms with Crippen LogP contribution in [0.1, 0.15) is 12.0 Å². The Hall–Kier alpha value is -0.723. The quantitative estimate of drug-likeness (QED) is 0.352. The molecule has 0 spiro atoms. The van der Waals surface area contributed by atoms with Gasteiger partial charge in [-0.2, -0.15) is 0 Å². The molecule has 0 amide bonds. The van der Waals surface area contributed by atoms with E-state index in [9.17, 15) is 0 Å². The molecule has 1 nitrogen and oxygen atoms in total. The highest BCUT2D eigenvalue weighted by Gasteiger charge is 2.07. The zero-order chi connectivity index (χ0) is 12.7. The molecular formula is C14H19BrOSi. The fourth-order valence-corrected chi connectivity index (χ4v) is 1.89. The van der Waals surface area contributed by atoms with Gasteiger partial charge in [0, 0.05) is 10.9 Å². The van der Waals surface area contributed by atoms with E-state index < -0.39 is 8.07 Å². The summed E-state index contributed by atoms with van der Waals surface area (Å²) in [5, 5.41) is 0.979. The smallest absolute Gasteiger partial charge is 0.129 e. The average Bonchev–Trinajstić information content (AvgIpc) is 2.27. The van der Waals surface area contributed by atoms with E-state index in [1.54, 1.807) is 0 Å². The van der Waals surface area contributed by atoms with Crippen LogP contribution in [0.4, 0.5) is 0 Å². The van der Waals surface area contributed by atoms with Crippen molar-refractivity contribution in [3.8, 4) is 17.2 Å².